The van der Waals surface area contributed by atoms with Crippen LogP contribution in [0.2, 0.25) is 0 Å². The van der Waals surface area contributed by atoms with Crippen LogP contribution in [0, 0.1) is 5.92 Å². The largest absolute Gasteiger partial charge is 0.326 e. The number of anilines is 1. The maximum Gasteiger partial charge on any atom is 0.224 e. The Morgan fingerprint density at radius 2 is 1.81 bits per heavy atom. The van der Waals surface area contributed by atoms with Gasteiger partial charge in [-0.15, -0.1) is 0 Å². The van der Waals surface area contributed by atoms with Gasteiger partial charge in [-0.1, -0.05) is 26.0 Å². The summed E-state index contributed by atoms with van der Waals surface area (Å²) in [7, 11) is 0. The van der Waals surface area contributed by atoms with Crippen molar-refractivity contribution in [3.8, 4) is 0 Å². The SMILES string of the molecule is CC(C)CC(=O)Nc1ccc([C@@H](C)N)cc1. The molecule has 0 aliphatic heterocycles. The smallest absolute Gasteiger partial charge is 0.224 e. The van der Waals surface area contributed by atoms with E-state index < -0.39 is 0 Å². The lowest BCUT2D eigenvalue weighted by atomic mass is 10.1. The lowest BCUT2D eigenvalue weighted by Crippen LogP contribution is -2.14. The van der Waals surface area contributed by atoms with Gasteiger partial charge in [-0.05, 0) is 30.5 Å². The Bertz CT molecular complexity index is 341. The van der Waals surface area contributed by atoms with Gasteiger partial charge < -0.3 is 11.1 Å². The highest BCUT2D eigenvalue weighted by molar-refractivity contribution is 5.90. The first-order valence-corrected chi connectivity index (χ1v) is 5.64. The van der Waals surface area contributed by atoms with E-state index in [9.17, 15) is 4.79 Å². The molecule has 0 spiro atoms. The lowest BCUT2D eigenvalue weighted by molar-refractivity contribution is -0.116. The molecule has 3 N–H and O–H groups in total. The number of hydrogen-bond acceptors (Lipinski definition) is 2. The zero-order chi connectivity index (χ0) is 12.1. The molecule has 0 bridgehead atoms. The summed E-state index contributed by atoms with van der Waals surface area (Å²) in [6, 6.07) is 7.68. The first kappa shape index (κ1) is 12.7. The molecule has 0 fully saturated rings. The number of rotatable bonds is 4. The molecular weight excluding hydrogens is 200 g/mol. The van der Waals surface area contributed by atoms with Gasteiger partial charge in [0.25, 0.3) is 0 Å². The van der Waals surface area contributed by atoms with E-state index in [0.29, 0.717) is 12.3 Å². The van der Waals surface area contributed by atoms with E-state index in [1.165, 1.54) is 0 Å². The maximum atomic E-state index is 11.5. The van der Waals surface area contributed by atoms with Crippen LogP contribution >= 0.6 is 0 Å². The summed E-state index contributed by atoms with van der Waals surface area (Å²) in [5.41, 5.74) is 7.64. The molecule has 88 valence electrons. The van der Waals surface area contributed by atoms with E-state index in [4.69, 9.17) is 5.73 Å². The predicted molar refractivity (Wildman–Crippen MR) is 67.1 cm³/mol. The second-order valence-corrected chi connectivity index (χ2v) is 4.56. The molecule has 0 saturated heterocycles. The number of amides is 1. The van der Waals surface area contributed by atoms with Crippen molar-refractivity contribution in [2.24, 2.45) is 11.7 Å². The summed E-state index contributed by atoms with van der Waals surface area (Å²) in [5, 5.41) is 2.86. The van der Waals surface area contributed by atoms with Crippen molar-refractivity contribution in [1.29, 1.82) is 0 Å². The van der Waals surface area contributed by atoms with Crippen LogP contribution in [0.25, 0.3) is 0 Å². The van der Waals surface area contributed by atoms with Crippen LogP contribution in [0.1, 0.15) is 38.8 Å². The molecule has 0 heterocycles. The Kier molecular flexibility index (Phi) is 4.50. The summed E-state index contributed by atoms with van der Waals surface area (Å²) in [4.78, 5) is 11.5. The van der Waals surface area contributed by atoms with E-state index >= 15 is 0 Å². The highest BCUT2D eigenvalue weighted by Crippen LogP contribution is 2.14. The van der Waals surface area contributed by atoms with Crippen LogP contribution in [0.3, 0.4) is 0 Å². The number of nitrogens with one attached hydrogen (secondary N) is 1. The summed E-state index contributed by atoms with van der Waals surface area (Å²) >= 11 is 0. The zero-order valence-corrected chi connectivity index (χ0v) is 10.2. The van der Waals surface area contributed by atoms with Crippen LogP contribution in [-0.2, 0) is 4.79 Å². The molecule has 1 rings (SSSR count). The van der Waals surface area contributed by atoms with Crippen LogP contribution in [0.4, 0.5) is 5.69 Å². The number of carbonyl (C=O) groups is 1. The van der Waals surface area contributed by atoms with Crippen LogP contribution < -0.4 is 11.1 Å². The van der Waals surface area contributed by atoms with E-state index in [1.807, 2.05) is 45.0 Å². The van der Waals surface area contributed by atoms with Crippen molar-refractivity contribution >= 4 is 11.6 Å². The number of carbonyl (C=O) groups excluding carboxylic acids is 1. The minimum absolute atomic E-state index is 0.0282. The molecule has 0 saturated carbocycles. The summed E-state index contributed by atoms with van der Waals surface area (Å²) in [6.07, 6.45) is 0.551. The third-order valence-corrected chi connectivity index (χ3v) is 2.31. The molecule has 1 amide bonds. The molecule has 3 heteroatoms. The highest BCUT2D eigenvalue weighted by Gasteiger charge is 2.05. The average Bonchev–Trinajstić information content (AvgIpc) is 2.16. The van der Waals surface area contributed by atoms with Gasteiger partial charge in [0.15, 0.2) is 0 Å². The van der Waals surface area contributed by atoms with Crippen LogP contribution in [-0.4, -0.2) is 5.91 Å². The Morgan fingerprint density at radius 3 is 2.25 bits per heavy atom. The molecule has 1 aromatic carbocycles. The number of hydrogen-bond donors (Lipinski definition) is 2. The van der Waals surface area contributed by atoms with Gasteiger partial charge >= 0.3 is 0 Å². The predicted octanol–water partition coefficient (Wildman–Crippen LogP) is 2.69. The van der Waals surface area contributed by atoms with E-state index in [0.717, 1.165) is 11.3 Å². The van der Waals surface area contributed by atoms with Crippen molar-refractivity contribution in [3.63, 3.8) is 0 Å². The molecule has 0 aromatic heterocycles. The van der Waals surface area contributed by atoms with Crippen LogP contribution in [0.5, 0.6) is 0 Å². The van der Waals surface area contributed by atoms with Crippen molar-refractivity contribution < 1.29 is 4.79 Å². The third-order valence-electron chi connectivity index (χ3n) is 2.31. The molecule has 0 radical (unpaired) electrons. The highest BCUT2D eigenvalue weighted by atomic mass is 16.1. The van der Waals surface area contributed by atoms with E-state index in [-0.39, 0.29) is 11.9 Å². The Hall–Kier alpha value is -1.35. The Labute approximate surface area is 97.0 Å². The molecule has 0 aliphatic carbocycles. The lowest BCUT2D eigenvalue weighted by Gasteiger charge is -2.09. The van der Waals surface area contributed by atoms with Crippen molar-refractivity contribution in [2.75, 3.05) is 5.32 Å². The third kappa shape index (κ3) is 4.03. The van der Waals surface area contributed by atoms with Gasteiger partial charge in [0.05, 0.1) is 0 Å². The minimum atomic E-state index is 0.0282. The molecule has 0 aliphatic rings. The normalized spacial score (nSPS) is 12.6. The Balaban J connectivity index is 2.58. The molecule has 0 unspecified atom stereocenters. The van der Waals surface area contributed by atoms with Crippen molar-refractivity contribution in [1.82, 2.24) is 0 Å². The molecule has 16 heavy (non-hydrogen) atoms. The maximum absolute atomic E-state index is 11.5. The van der Waals surface area contributed by atoms with Crippen LogP contribution in [0.15, 0.2) is 24.3 Å². The second-order valence-electron chi connectivity index (χ2n) is 4.56. The molecular formula is C13H20N2O. The fraction of sp³-hybridized carbons (Fsp3) is 0.462. The molecule has 1 atom stereocenters. The van der Waals surface area contributed by atoms with Crippen molar-refractivity contribution in [3.05, 3.63) is 29.8 Å². The summed E-state index contributed by atoms with van der Waals surface area (Å²) in [6.45, 7) is 5.99. The first-order valence-electron chi connectivity index (χ1n) is 5.64. The van der Waals surface area contributed by atoms with Gasteiger partial charge in [-0.3, -0.25) is 4.79 Å². The van der Waals surface area contributed by atoms with Gasteiger partial charge in [-0.2, -0.15) is 0 Å². The molecule has 3 nitrogen and oxygen atoms in total. The second kappa shape index (κ2) is 5.66. The summed E-state index contributed by atoms with van der Waals surface area (Å²) < 4.78 is 0. The zero-order valence-electron chi connectivity index (χ0n) is 10.2. The van der Waals surface area contributed by atoms with Gasteiger partial charge in [0.1, 0.15) is 0 Å². The van der Waals surface area contributed by atoms with Gasteiger partial charge in [0, 0.05) is 18.2 Å². The monoisotopic (exact) mass is 220 g/mol. The van der Waals surface area contributed by atoms with Gasteiger partial charge in [0.2, 0.25) is 5.91 Å². The average molecular weight is 220 g/mol. The number of nitrogens with two attached hydrogens (primary N) is 1. The van der Waals surface area contributed by atoms with E-state index in [1.54, 1.807) is 0 Å². The number of benzene rings is 1. The summed E-state index contributed by atoms with van der Waals surface area (Å²) in [5.74, 6) is 0.437. The van der Waals surface area contributed by atoms with Gasteiger partial charge in [-0.25, -0.2) is 0 Å². The fourth-order valence-electron chi connectivity index (χ4n) is 1.45. The van der Waals surface area contributed by atoms with Crippen molar-refractivity contribution in [2.45, 2.75) is 33.2 Å². The first-order chi connectivity index (χ1) is 7.49. The van der Waals surface area contributed by atoms with E-state index in [2.05, 4.69) is 5.32 Å². The topological polar surface area (TPSA) is 55.1 Å². The Morgan fingerprint density at radius 1 is 1.25 bits per heavy atom. The quantitative estimate of drug-likeness (QED) is 0.819. The fourth-order valence-corrected chi connectivity index (χ4v) is 1.45. The minimum Gasteiger partial charge on any atom is -0.326 e. The standard InChI is InChI=1S/C13H20N2O/c1-9(2)8-13(16)15-12-6-4-11(5-7-12)10(3)14/h4-7,9-10H,8,14H2,1-3H3,(H,15,16)/t10-/m1/s1. The molecule has 1 aromatic rings.